The minimum Gasteiger partial charge on any atom is -0.478 e. The van der Waals surface area contributed by atoms with Crippen LogP contribution in [0.25, 0.3) is 6.08 Å². The van der Waals surface area contributed by atoms with Crippen molar-refractivity contribution in [3.8, 4) is 0 Å². The maximum absolute atomic E-state index is 12.0. The first-order valence-electron chi connectivity index (χ1n) is 6.34. The molecule has 108 valence electrons. The number of carbonyl (C=O) groups is 2. The number of hydrogen-bond acceptors (Lipinski definition) is 3. The highest BCUT2D eigenvalue weighted by Crippen LogP contribution is 2.18. The van der Waals surface area contributed by atoms with E-state index in [0.29, 0.717) is 17.0 Å². The van der Waals surface area contributed by atoms with Gasteiger partial charge in [0.05, 0.1) is 11.8 Å². The predicted molar refractivity (Wildman–Crippen MR) is 79.2 cm³/mol. The van der Waals surface area contributed by atoms with Gasteiger partial charge in [0.25, 0.3) is 5.91 Å². The van der Waals surface area contributed by atoms with Crippen molar-refractivity contribution < 1.29 is 19.1 Å². The number of nitrogens with one attached hydrogen (secondary N) is 1. The van der Waals surface area contributed by atoms with Crippen molar-refractivity contribution in [3.05, 3.63) is 59.1 Å². The van der Waals surface area contributed by atoms with E-state index in [-0.39, 0.29) is 5.91 Å². The molecule has 0 atom stereocenters. The van der Waals surface area contributed by atoms with Crippen molar-refractivity contribution in [1.82, 2.24) is 0 Å². The quantitative estimate of drug-likeness (QED) is 0.845. The smallest absolute Gasteiger partial charge is 0.328 e. The van der Waals surface area contributed by atoms with E-state index < -0.39 is 5.97 Å². The van der Waals surface area contributed by atoms with E-state index >= 15 is 0 Å². The van der Waals surface area contributed by atoms with Crippen molar-refractivity contribution >= 4 is 23.6 Å². The standard InChI is InChI=1S/C16H15NO4/c1-10-9-13(5-3-12(10)4-6-15(18)19)17-16(20)14-7-8-21-11(14)2/h3-9H,1-2H3,(H,17,20)(H,18,19). The van der Waals surface area contributed by atoms with E-state index in [1.54, 1.807) is 31.2 Å². The lowest BCUT2D eigenvalue weighted by molar-refractivity contribution is -0.131. The minimum absolute atomic E-state index is 0.241. The fraction of sp³-hybridized carbons (Fsp3) is 0.125. The molecule has 0 saturated heterocycles. The largest absolute Gasteiger partial charge is 0.478 e. The fourth-order valence-corrected chi connectivity index (χ4v) is 1.92. The normalized spacial score (nSPS) is 10.8. The summed E-state index contributed by atoms with van der Waals surface area (Å²) in [5.74, 6) is -0.679. The highest BCUT2D eigenvalue weighted by molar-refractivity contribution is 6.05. The monoisotopic (exact) mass is 285 g/mol. The third-order valence-corrected chi connectivity index (χ3v) is 3.04. The molecule has 2 aromatic rings. The summed E-state index contributed by atoms with van der Waals surface area (Å²) in [6.45, 7) is 3.57. The van der Waals surface area contributed by atoms with Gasteiger partial charge in [0.15, 0.2) is 0 Å². The van der Waals surface area contributed by atoms with Crippen molar-refractivity contribution in [1.29, 1.82) is 0 Å². The van der Waals surface area contributed by atoms with Crippen LogP contribution in [0, 0.1) is 13.8 Å². The van der Waals surface area contributed by atoms with E-state index in [9.17, 15) is 9.59 Å². The molecular formula is C16H15NO4. The summed E-state index contributed by atoms with van der Waals surface area (Å²) < 4.78 is 5.09. The van der Waals surface area contributed by atoms with Crippen LogP contribution in [0.3, 0.4) is 0 Å². The van der Waals surface area contributed by atoms with Crippen LogP contribution in [-0.2, 0) is 4.79 Å². The van der Waals surface area contributed by atoms with Crippen molar-refractivity contribution in [2.75, 3.05) is 5.32 Å². The second-order valence-electron chi connectivity index (χ2n) is 4.59. The zero-order valence-electron chi connectivity index (χ0n) is 11.7. The van der Waals surface area contributed by atoms with Crippen molar-refractivity contribution in [3.63, 3.8) is 0 Å². The maximum atomic E-state index is 12.0. The lowest BCUT2D eigenvalue weighted by Crippen LogP contribution is -2.12. The van der Waals surface area contributed by atoms with Crippen LogP contribution >= 0.6 is 0 Å². The van der Waals surface area contributed by atoms with Crippen LogP contribution in [-0.4, -0.2) is 17.0 Å². The summed E-state index contributed by atoms with van der Waals surface area (Å²) in [6, 6.07) is 6.88. The second kappa shape index (κ2) is 6.09. The van der Waals surface area contributed by atoms with Gasteiger partial charge in [-0.3, -0.25) is 4.79 Å². The number of benzene rings is 1. The number of aliphatic carboxylic acids is 1. The zero-order valence-corrected chi connectivity index (χ0v) is 11.7. The number of anilines is 1. The molecule has 1 aromatic carbocycles. The van der Waals surface area contributed by atoms with Gasteiger partial charge >= 0.3 is 5.97 Å². The minimum atomic E-state index is -0.998. The topological polar surface area (TPSA) is 79.5 Å². The van der Waals surface area contributed by atoms with E-state index in [4.69, 9.17) is 9.52 Å². The lowest BCUT2D eigenvalue weighted by Gasteiger charge is -2.07. The molecule has 0 fully saturated rings. The van der Waals surface area contributed by atoms with Gasteiger partial charge in [0.1, 0.15) is 5.76 Å². The van der Waals surface area contributed by atoms with Gasteiger partial charge in [-0.1, -0.05) is 6.07 Å². The van der Waals surface area contributed by atoms with Crippen molar-refractivity contribution in [2.45, 2.75) is 13.8 Å². The summed E-state index contributed by atoms with van der Waals surface area (Å²) in [5.41, 5.74) is 2.79. The molecule has 1 heterocycles. The molecule has 0 unspecified atom stereocenters. The molecule has 2 N–H and O–H groups in total. The van der Waals surface area contributed by atoms with E-state index in [0.717, 1.165) is 17.2 Å². The van der Waals surface area contributed by atoms with Gasteiger partial charge in [-0.15, -0.1) is 0 Å². The molecule has 0 aliphatic carbocycles. The Hall–Kier alpha value is -2.82. The van der Waals surface area contributed by atoms with Gasteiger partial charge in [0, 0.05) is 11.8 Å². The fourth-order valence-electron chi connectivity index (χ4n) is 1.92. The molecule has 1 amide bonds. The van der Waals surface area contributed by atoms with Crippen LogP contribution in [0.15, 0.2) is 41.0 Å². The van der Waals surface area contributed by atoms with Crippen LogP contribution in [0.4, 0.5) is 5.69 Å². The Balaban J connectivity index is 2.15. The number of carbonyl (C=O) groups excluding carboxylic acids is 1. The Morgan fingerprint density at radius 1 is 1.24 bits per heavy atom. The summed E-state index contributed by atoms with van der Waals surface area (Å²) in [6.07, 6.45) is 4.06. The molecular weight excluding hydrogens is 270 g/mol. The number of furan rings is 1. The van der Waals surface area contributed by atoms with E-state index in [1.807, 2.05) is 6.92 Å². The average molecular weight is 285 g/mol. The molecule has 0 aliphatic rings. The lowest BCUT2D eigenvalue weighted by atomic mass is 10.1. The highest BCUT2D eigenvalue weighted by Gasteiger charge is 2.11. The summed E-state index contributed by atoms with van der Waals surface area (Å²) in [4.78, 5) is 22.6. The molecule has 5 heteroatoms. The average Bonchev–Trinajstić information content (AvgIpc) is 2.84. The number of aryl methyl sites for hydroxylation is 2. The van der Waals surface area contributed by atoms with E-state index in [2.05, 4.69) is 5.32 Å². The number of carboxylic acids is 1. The summed E-state index contributed by atoms with van der Waals surface area (Å²) in [7, 11) is 0. The molecule has 21 heavy (non-hydrogen) atoms. The number of carboxylic acid groups (broad SMARTS) is 1. The molecule has 0 bridgehead atoms. The van der Waals surface area contributed by atoms with Crippen LogP contribution in [0.2, 0.25) is 0 Å². The highest BCUT2D eigenvalue weighted by atomic mass is 16.4. The third kappa shape index (κ3) is 3.60. The number of amides is 1. The number of hydrogen-bond donors (Lipinski definition) is 2. The Morgan fingerprint density at radius 3 is 2.57 bits per heavy atom. The summed E-state index contributed by atoms with van der Waals surface area (Å²) in [5, 5.41) is 11.4. The first kappa shape index (κ1) is 14.6. The molecule has 0 saturated carbocycles. The third-order valence-electron chi connectivity index (χ3n) is 3.04. The van der Waals surface area contributed by atoms with Crippen LogP contribution in [0.5, 0.6) is 0 Å². The molecule has 0 radical (unpaired) electrons. The molecule has 0 spiro atoms. The maximum Gasteiger partial charge on any atom is 0.328 e. The second-order valence-corrected chi connectivity index (χ2v) is 4.59. The Morgan fingerprint density at radius 2 is 2.00 bits per heavy atom. The Kier molecular flexibility index (Phi) is 4.23. The van der Waals surface area contributed by atoms with Crippen LogP contribution < -0.4 is 5.32 Å². The first-order chi connectivity index (χ1) is 9.97. The zero-order chi connectivity index (χ0) is 15.4. The summed E-state index contributed by atoms with van der Waals surface area (Å²) >= 11 is 0. The van der Waals surface area contributed by atoms with Gasteiger partial charge in [-0.2, -0.15) is 0 Å². The molecule has 0 aliphatic heterocycles. The first-order valence-corrected chi connectivity index (χ1v) is 6.34. The predicted octanol–water partition coefficient (Wildman–Crippen LogP) is 3.25. The van der Waals surface area contributed by atoms with Gasteiger partial charge in [-0.25, -0.2) is 4.79 Å². The van der Waals surface area contributed by atoms with Gasteiger partial charge < -0.3 is 14.8 Å². The van der Waals surface area contributed by atoms with Gasteiger partial charge in [-0.05, 0) is 49.2 Å². The number of rotatable bonds is 4. The molecule has 2 rings (SSSR count). The van der Waals surface area contributed by atoms with Crippen LogP contribution in [0.1, 0.15) is 27.2 Å². The Labute approximate surface area is 121 Å². The molecule has 5 nitrogen and oxygen atoms in total. The Bertz CT molecular complexity index is 713. The van der Waals surface area contributed by atoms with Gasteiger partial charge in [0.2, 0.25) is 0 Å². The van der Waals surface area contributed by atoms with E-state index in [1.165, 1.54) is 12.3 Å². The molecule has 1 aromatic heterocycles. The van der Waals surface area contributed by atoms with Crippen molar-refractivity contribution in [2.24, 2.45) is 0 Å². The SMILES string of the molecule is Cc1cc(NC(=O)c2ccoc2C)ccc1C=CC(=O)O.